The molecular weight excluding hydrogens is 749 g/mol. The van der Waals surface area contributed by atoms with Crippen LogP contribution in [0.4, 0.5) is 5.13 Å². The Morgan fingerprint density at radius 3 is 1.40 bits per heavy atom. The van der Waals surface area contributed by atoms with Gasteiger partial charge in [0.2, 0.25) is 5.71 Å². The number of rotatable bonds is 16. The molecule has 0 aliphatic rings. The summed E-state index contributed by atoms with van der Waals surface area (Å²) in [5, 5.41) is 25.3. The predicted molar refractivity (Wildman–Crippen MR) is 231 cm³/mol. The summed E-state index contributed by atoms with van der Waals surface area (Å²) in [5.74, 6) is -1.27. The van der Waals surface area contributed by atoms with Crippen LogP contribution in [0, 0.1) is 0 Å². The zero-order valence-electron chi connectivity index (χ0n) is 31.0. The topological polar surface area (TPSA) is 120 Å². The van der Waals surface area contributed by atoms with Gasteiger partial charge in [0.05, 0.1) is 0 Å². The molecule has 0 radical (unpaired) electrons. The lowest BCUT2D eigenvalue weighted by molar-refractivity contribution is -0.129. The van der Waals surface area contributed by atoms with Crippen molar-refractivity contribution in [3.63, 3.8) is 0 Å². The molecule has 0 atom stereocenters. The lowest BCUT2D eigenvalue weighted by atomic mass is 9.77. The summed E-state index contributed by atoms with van der Waals surface area (Å²) in [5.41, 5.74) is 10.8. The summed E-state index contributed by atoms with van der Waals surface area (Å²) in [4.78, 5) is 22.9. The zero-order valence-corrected chi connectivity index (χ0v) is 32.7. The molecule has 284 valence electrons. The van der Waals surface area contributed by atoms with Gasteiger partial charge in [-0.1, -0.05) is 187 Å². The third-order valence-corrected chi connectivity index (χ3v) is 10.9. The van der Waals surface area contributed by atoms with E-state index in [4.69, 9.17) is 9.82 Å². The number of hydrazone groups is 1. The molecular formula is C46H40N6O3S2. The van der Waals surface area contributed by atoms with Crippen molar-refractivity contribution in [1.29, 1.82) is 0 Å². The van der Waals surface area contributed by atoms with Gasteiger partial charge in [-0.15, -0.1) is 23.1 Å². The quantitative estimate of drug-likeness (QED) is 0.0332. The van der Waals surface area contributed by atoms with Gasteiger partial charge in [0.1, 0.15) is 21.8 Å². The number of aliphatic carboxylic acids is 1. The summed E-state index contributed by atoms with van der Waals surface area (Å²) >= 11 is 2.64. The molecule has 6 aromatic carbocycles. The Labute approximate surface area is 340 Å². The number of carboxylic acids is 1. The van der Waals surface area contributed by atoms with Gasteiger partial charge in [0.25, 0.3) is 0 Å². The van der Waals surface area contributed by atoms with Crippen LogP contribution in [0.2, 0.25) is 0 Å². The highest BCUT2D eigenvalue weighted by Crippen LogP contribution is 2.41. The first-order chi connectivity index (χ1) is 28.0. The summed E-state index contributed by atoms with van der Waals surface area (Å²) in [6, 6.07) is 60.8. The average molecular weight is 789 g/mol. The molecule has 1 aromatic heterocycles. The molecule has 1 heterocycles. The standard InChI is InChI=1S/C46H40N6O3S2/c1-56-41(49-52-51-46(37-26-14-5-15-27-37,38-28-16-6-17-29-38)39-30-18-7-19-31-39)32-55-50-42(43(53)54)40-33-57-44(47-40)48-45(34-20-8-2-9-21-34,35-22-10-3-11-23-35)36-24-12-4-13-25-36/h2-31,33,51-52H,32H2,1H3,(H,47,48)(H,53,54). The molecule has 4 N–H and O–H groups in total. The maximum absolute atomic E-state index is 12.6. The fourth-order valence-corrected chi connectivity index (χ4v) is 7.88. The van der Waals surface area contributed by atoms with Crippen LogP contribution in [0.25, 0.3) is 0 Å². The minimum absolute atomic E-state index is 0.0873. The lowest BCUT2D eigenvalue weighted by Gasteiger charge is -2.36. The highest BCUT2D eigenvalue weighted by molar-refractivity contribution is 8.13. The first-order valence-electron chi connectivity index (χ1n) is 18.2. The van der Waals surface area contributed by atoms with Crippen LogP contribution in [-0.2, 0) is 20.7 Å². The predicted octanol–water partition coefficient (Wildman–Crippen LogP) is 9.12. The van der Waals surface area contributed by atoms with Crippen LogP contribution in [0.1, 0.15) is 39.1 Å². The number of anilines is 1. The molecule has 9 nitrogen and oxygen atoms in total. The summed E-state index contributed by atoms with van der Waals surface area (Å²) < 4.78 is 0. The van der Waals surface area contributed by atoms with Crippen molar-refractivity contribution in [2.45, 2.75) is 11.1 Å². The Morgan fingerprint density at radius 2 is 1.04 bits per heavy atom. The summed E-state index contributed by atoms with van der Waals surface area (Å²) in [6.45, 7) is -0.0873. The second-order valence-corrected chi connectivity index (χ2v) is 14.6. The molecule has 0 saturated heterocycles. The van der Waals surface area contributed by atoms with E-state index in [-0.39, 0.29) is 18.0 Å². The minimum atomic E-state index is -1.27. The minimum Gasteiger partial charge on any atom is -0.476 e. The number of nitrogens with zero attached hydrogens (tertiary/aromatic N) is 3. The molecule has 7 rings (SSSR count). The Bertz CT molecular complexity index is 2210. The first kappa shape index (κ1) is 38.7. The normalized spacial score (nSPS) is 12.2. The zero-order chi connectivity index (χ0) is 39.3. The maximum atomic E-state index is 12.6. The Morgan fingerprint density at radius 1 is 0.649 bits per heavy atom. The molecule has 0 aliphatic carbocycles. The molecule has 0 fully saturated rings. The van der Waals surface area contributed by atoms with E-state index in [1.54, 1.807) is 5.38 Å². The van der Waals surface area contributed by atoms with Crippen molar-refractivity contribution in [2.24, 2.45) is 10.3 Å². The molecule has 7 aromatic rings. The number of oxime groups is 1. The smallest absolute Gasteiger partial charge is 0.360 e. The number of hydrazine groups is 1. The molecule has 0 bridgehead atoms. The molecule has 0 aliphatic heterocycles. The van der Waals surface area contributed by atoms with Gasteiger partial charge < -0.3 is 15.3 Å². The third kappa shape index (κ3) is 8.51. The molecule has 11 heteroatoms. The fraction of sp³-hybridized carbons (Fsp3) is 0.0870. The van der Waals surface area contributed by atoms with Gasteiger partial charge in [0.15, 0.2) is 11.7 Å². The van der Waals surface area contributed by atoms with Gasteiger partial charge >= 0.3 is 5.97 Å². The summed E-state index contributed by atoms with van der Waals surface area (Å²) in [7, 11) is 0. The monoisotopic (exact) mass is 788 g/mol. The number of thiazole rings is 1. The Hall–Kier alpha value is -6.53. The molecule has 0 saturated carbocycles. The van der Waals surface area contributed by atoms with Gasteiger partial charge in [0, 0.05) is 5.38 Å². The number of hydrogen-bond acceptors (Lipinski definition) is 10. The van der Waals surface area contributed by atoms with Crippen LogP contribution in [0.15, 0.2) is 198 Å². The molecule has 0 spiro atoms. The second kappa shape index (κ2) is 18.4. The Kier molecular flexibility index (Phi) is 12.5. The third-order valence-electron chi connectivity index (χ3n) is 9.49. The van der Waals surface area contributed by atoms with Crippen molar-refractivity contribution < 1.29 is 14.7 Å². The van der Waals surface area contributed by atoms with Crippen molar-refractivity contribution in [1.82, 2.24) is 15.9 Å². The average Bonchev–Trinajstić information content (AvgIpc) is 3.74. The number of thioether (sulfide) groups is 1. The maximum Gasteiger partial charge on any atom is 0.360 e. The lowest BCUT2D eigenvalue weighted by Crippen LogP contribution is -2.50. The number of carboxylic acid groups (broad SMARTS) is 1. The van der Waals surface area contributed by atoms with E-state index in [0.717, 1.165) is 33.4 Å². The van der Waals surface area contributed by atoms with Crippen LogP contribution in [0.5, 0.6) is 0 Å². The van der Waals surface area contributed by atoms with Crippen molar-refractivity contribution in [3.05, 3.63) is 226 Å². The van der Waals surface area contributed by atoms with Crippen molar-refractivity contribution >= 4 is 45.0 Å². The number of hydrogen-bond donors (Lipinski definition) is 4. The van der Waals surface area contributed by atoms with Gasteiger partial charge in [-0.3, -0.25) is 0 Å². The van der Waals surface area contributed by atoms with Crippen LogP contribution in [-0.4, -0.2) is 39.7 Å². The van der Waals surface area contributed by atoms with E-state index in [2.05, 4.69) is 99.3 Å². The first-order valence-corrected chi connectivity index (χ1v) is 20.3. The highest BCUT2D eigenvalue weighted by Gasteiger charge is 2.38. The number of benzene rings is 6. The summed E-state index contributed by atoms with van der Waals surface area (Å²) in [6.07, 6.45) is 1.86. The fourth-order valence-electron chi connectivity index (χ4n) is 6.82. The molecule has 0 unspecified atom stereocenters. The SMILES string of the molecule is CSC(CON=C(C(=O)O)c1csc(NC(c2ccccc2)(c2ccccc2)c2ccccc2)n1)=NNNC(c1ccccc1)(c1ccccc1)c1ccccc1. The molecule has 0 amide bonds. The number of carbonyl (C=O) groups is 1. The number of nitrogens with one attached hydrogen (secondary N) is 3. The molecule has 57 heavy (non-hydrogen) atoms. The largest absolute Gasteiger partial charge is 0.476 e. The van der Waals surface area contributed by atoms with E-state index < -0.39 is 17.0 Å². The van der Waals surface area contributed by atoms with Crippen LogP contribution < -0.4 is 16.3 Å². The highest BCUT2D eigenvalue weighted by atomic mass is 32.2. The van der Waals surface area contributed by atoms with Crippen molar-refractivity contribution in [2.75, 3.05) is 18.2 Å². The van der Waals surface area contributed by atoms with E-state index in [0.29, 0.717) is 10.2 Å². The van der Waals surface area contributed by atoms with E-state index in [1.807, 2.05) is 115 Å². The van der Waals surface area contributed by atoms with Gasteiger partial charge in [-0.2, -0.15) is 5.10 Å². The van der Waals surface area contributed by atoms with E-state index >= 15 is 0 Å². The van der Waals surface area contributed by atoms with Gasteiger partial charge in [-0.05, 0) is 39.6 Å². The van der Waals surface area contributed by atoms with Crippen LogP contribution >= 0.6 is 23.1 Å². The van der Waals surface area contributed by atoms with E-state index in [9.17, 15) is 9.90 Å². The van der Waals surface area contributed by atoms with Crippen molar-refractivity contribution in [3.8, 4) is 0 Å². The number of aromatic nitrogens is 1. The van der Waals surface area contributed by atoms with Crippen LogP contribution in [0.3, 0.4) is 0 Å². The van der Waals surface area contributed by atoms with E-state index in [1.165, 1.54) is 23.1 Å². The second-order valence-electron chi connectivity index (χ2n) is 12.8. The van der Waals surface area contributed by atoms with Gasteiger partial charge in [-0.25, -0.2) is 20.7 Å². The Balaban J connectivity index is 1.13.